The van der Waals surface area contributed by atoms with Gasteiger partial charge in [0.15, 0.2) is 0 Å². The number of unbranched alkanes of at least 4 members (excludes halogenated alkanes) is 13. The second kappa shape index (κ2) is 17.6. The van der Waals surface area contributed by atoms with Crippen molar-refractivity contribution in [3.63, 3.8) is 0 Å². The summed E-state index contributed by atoms with van der Waals surface area (Å²) in [4.78, 5) is 0. The molecule has 0 spiro atoms. The number of hydrogen-bond donors (Lipinski definition) is 0. The highest BCUT2D eigenvalue weighted by Crippen LogP contribution is 2.28. The summed E-state index contributed by atoms with van der Waals surface area (Å²) in [6.45, 7) is 7.10. The number of benzene rings is 1. The molecule has 1 atom stereocenters. The van der Waals surface area contributed by atoms with Gasteiger partial charge in [-0.05, 0) is 24.5 Å². The van der Waals surface area contributed by atoms with Gasteiger partial charge in [0.2, 0.25) is 0 Å². The van der Waals surface area contributed by atoms with Crippen molar-refractivity contribution in [3.8, 4) is 0 Å². The van der Waals surface area contributed by atoms with Crippen molar-refractivity contribution in [2.45, 2.75) is 109 Å². The topological polar surface area (TPSA) is 9.23 Å². The highest BCUT2D eigenvalue weighted by molar-refractivity contribution is 6.31. The molecule has 0 aliphatic carbocycles. The standard InChI is InChI=1S/C25H42ClO/c1-3-5-6-7-8-9-10-11-12-13-14-15-16-19-22-27-25(4-2)23-20-17-18-21-24(23)26/h17-18,20-21,25H,2-16,19,22H2,1H3/t25-/m1/s1. The Balaban J connectivity index is 1.89. The van der Waals surface area contributed by atoms with Crippen molar-refractivity contribution in [2.75, 3.05) is 6.61 Å². The average molecular weight is 394 g/mol. The van der Waals surface area contributed by atoms with Crippen LogP contribution < -0.4 is 0 Å². The van der Waals surface area contributed by atoms with Gasteiger partial charge < -0.3 is 4.74 Å². The smallest absolute Gasteiger partial charge is 0.0839 e. The van der Waals surface area contributed by atoms with Crippen LogP contribution in [0, 0.1) is 6.92 Å². The minimum absolute atomic E-state index is 0.0284. The first-order chi connectivity index (χ1) is 13.3. The minimum atomic E-state index is 0.0284. The average Bonchev–Trinajstić information content (AvgIpc) is 2.69. The monoisotopic (exact) mass is 393 g/mol. The van der Waals surface area contributed by atoms with Crippen LogP contribution in [0.2, 0.25) is 5.02 Å². The number of halogens is 1. The van der Waals surface area contributed by atoms with E-state index in [-0.39, 0.29) is 6.10 Å². The summed E-state index contributed by atoms with van der Waals surface area (Å²) in [7, 11) is 0. The van der Waals surface area contributed by atoms with Crippen molar-refractivity contribution in [2.24, 2.45) is 0 Å². The Bertz CT molecular complexity index is 446. The van der Waals surface area contributed by atoms with Crippen molar-refractivity contribution in [3.05, 3.63) is 41.8 Å². The molecule has 1 radical (unpaired) electrons. The zero-order valence-electron chi connectivity index (χ0n) is 17.7. The van der Waals surface area contributed by atoms with Gasteiger partial charge in [-0.3, -0.25) is 0 Å². The van der Waals surface area contributed by atoms with Gasteiger partial charge in [-0.25, -0.2) is 0 Å². The van der Waals surface area contributed by atoms with E-state index in [2.05, 4.69) is 13.8 Å². The molecule has 0 bridgehead atoms. The van der Waals surface area contributed by atoms with Gasteiger partial charge in [0.25, 0.3) is 0 Å². The van der Waals surface area contributed by atoms with E-state index in [1.165, 1.54) is 83.5 Å². The summed E-state index contributed by atoms with van der Waals surface area (Å²) in [6, 6.07) is 7.94. The van der Waals surface area contributed by atoms with Crippen LogP contribution in [0.1, 0.15) is 115 Å². The predicted molar refractivity (Wildman–Crippen MR) is 120 cm³/mol. The molecule has 0 aliphatic rings. The van der Waals surface area contributed by atoms with E-state index in [0.29, 0.717) is 0 Å². The third-order valence-corrected chi connectivity index (χ3v) is 5.68. The molecule has 1 aromatic rings. The molecular formula is C25H42ClO. The van der Waals surface area contributed by atoms with Crippen LogP contribution in [0.25, 0.3) is 0 Å². The van der Waals surface area contributed by atoms with Gasteiger partial charge in [0, 0.05) is 11.6 Å². The quantitative estimate of drug-likeness (QED) is 0.226. The lowest BCUT2D eigenvalue weighted by Crippen LogP contribution is -2.05. The Labute approximate surface area is 174 Å². The zero-order chi connectivity index (χ0) is 19.6. The molecule has 0 fully saturated rings. The Kier molecular flexibility index (Phi) is 15.9. The molecule has 1 rings (SSSR count). The highest BCUT2D eigenvalue weighted by Gasteiger charge is 2.12. The summed E-state index contributed by atoms with van der Waals surface area (Å²) in [5.74, 6) is 0. The fourth-order valence-corrected chi connectivity index (χ4v) is 3.84. The van der Waals surface area contributed by atoms with Gasteiger partial charge in [0.05, 0.1) is 6.10 Å². The summed E-state index contributed by atoms with van der Waals surface area (Å²) >= 11 is 6.26. The minimum Gasteiger partial charge on any atom is -0.373 e. The summed E-state index contributed by atoms with van der Waals surface area (Å²) in [5.41, 5.74) is 1.07. The zero-order valence-corrected chi connectivity index (χ0v) is 18.4. The molecule has 0 heterocycles. The molecule has 1 aromatic carbocycles. The first-order valence-electron chi connectivity index (χ1n) is 11.4. The Morgan fingerprint density at radius 2 is 1.26 bits per heavy atom. The fourth-order valence-electron chi connectivity index (χ4n) is 3.59. The van der Waals surface area contributed by atoms with Crippen molar-refractivity contribution in [1.29, 1.82) is 0 Å². The van der Waals surface area contributed by atoms with Crippen LogP contribution in [0.15, 0.2) is 24.3 Å². The van der Waals surface area contributed by atoms with Gasteiger partial charge in [-0.1, -0.05) is 127 Å². The van der Waals surface area contributed by atoms with Crippen LogP contribution in [0.3, 0.4) is 0 Å². The molecule has 0 saturated carbocycles. The van der Waals surface area contributed by atoms with Crippen molar-refractivity contribution >= 4 is 11.6 Å². The van der Waals surface area contributed by atoms with E-state index in [1.807, 2.05) is 24.3 Å². The van der Waals surface area contributed by atoms with E-state index in [1.54, 1.807) is 0 Å². The Morgan fingerprint density at radius 1 is 0.778 bits per heavy atom. The van der Waals surface area contributed by atoms with E-state index in [4.69, 9.17) is 16.3 Å². The normalized spacial score (nSPS) is 12.4. The molecule has 1 nitrogen and oxygen atoms in total. The predicted octanol–water partition coefficient (Wildman–Crippen LogP) is 9.10. The molecule has 0 saturated heterocycles. The highest BCUT2D eigenvalue weighted by atomic mass is 35.5. The molecule has 0 N–H and O–H groups in total. The third-order valence-electron chi connectivity index (χ3n) is 5.33. The maximum absolute atomic E-state index is 6.26. The summed E-state index contributed by atoms with van der Waals surface area (Å²) < 4.78 is 6.02. The fraction of sp³-hybridized carbons (Fsp3) is 0.720. The van der Waals surface area contributed by atoms with Gasteiger partial charge >= 0.3 is 0 Å². The van der Waals surface area contributed by atoms with Crippen LogP contribution in [-0.4, -0.2) is 6.61 Å². The second-order valence-electron chi connectivity index (χ2n) is 7.77. The van der Waals surface area contributed by atoms with Crippen LogP contribution in [0.4, 0.5) is 0 Å². The van der Waals surface area contributed by atoms with Crippen LogP contribution in [0.5, 0.6) is 0 Å². The lowest BCUT2D eigenvalue weighted by Gasteiger charge is -2.17. The molecule has 155 valence electrons. The van der Waals surface area contributed by atoms with E-state index in [0.717, 1.165) is 30.0 Å². The second-order valence-corrected chi connectivity index (χ2v) is 8.17. The molecular weight excluding hydrogens is 352 g/mol. The first kappa shape index (κ1) is 24.5. The van der Waals surface area contributed by atoms with Crippen molar-refractivity contribution < 1.29 is 4.74 Å². The van der Waals surface area contributed by atoms with Gasteiger partial charge in [0.1, 0.15) is 0 Å². The molecule has 0 aliphatic heterocycles. The molecule has 0 aromatic heterocycles. The van der Waals surface area contributed by atoms with Crippen LogP contribution >= 0.6 is 11.6 Å². The molecule has 2 heteroatoms. The number of rotatable bonds is 18. The van der Waals surface area contributed by atoms with Gasteiger partial charge in [-0.2, -0.15) is 0 Å². The lowest BCUT2D eigenvalue weighted by molar-refractivity contribution is 0.0515. The lowest BCUT2D eigenvalue weighted by atomic mass is 10.0. The number of hydrogen-bond acceptors (Lipinski definition) is 1. The molecule has 0 amide bonds. The van der Waals surface area contributed by atoms with Crippen molar-refractivity contribution in [1.82, 2.24) is 0 Å². The number of ether oxygens (including phenoxy) is 1. The first-order valence-corrected chi connectivity index (χ1v) is 11.8. The summed E-state index contributed by atoms with van der Waals surface area (Å²) in [6.07, 6.45) is 20.1. The largest absolute Gasteiger partial charge is 0.373 e. The third kappa shape index (κ3) is 12.5. The maximum atomic E-state index is 6.26. The Hall–Kier alpha value is -0.530. The molecule has 0 unspecified atom stereocenters. The Morgan fingerprint density at radius 3 is 1.74 bits per heavy atom. The van der Waals surface area contributed by atoms with Gasteiger partial charge in [-0.15, -0.1) is 0 Å². The maximum Gasteiger partial charge on any atom is 0.0839 e. The summed E-state index contributed by atoms with van der Waals surface area (Å²) in [5, 5.41) is 0.784. The van der Waals surface area contributed by atoms with E-state index < -0.39 is 0 Å². The van der Waals surface area contributed by atoms with Crippen LogP contribution in [-0.2, 0) is 4.74 Å². The molecule has 27 heavy (non-hydrogen) atoms. The van der Waals surface area contributed by atoms with E-state index in [9.17, 15) is 0 Å². The SMILES string of the molecule is [CH2]C[C@@H](OCCCCCCCCCCCCCCCC)c1ccccc1Cl. The van der Waals surface area contributed by atoms with E-state index >= 15 is 0 Å².